The quantitative estimate of drug-likeness (QED) is 0.577. The number of methoxy groups -OCH3 is 2. The third kappa shape index (κ3) is 5.46. The van der Waals surface area contributed by atoms with Gasteiger partial charge in [0.15, 0.2) is 0 Å². The summed E-state index contributed by atoms with van der Waals surface area (Å²) in [5, 5.41) is 2.97. The Labute approximate surface area is 195 Å². The first-order chi connectivity index (χ1) is 16.1. The van der Waals surface area contributed by atoms with Crippen molar-refractivity contribution in [2.45, 2.75) is 13.5 Å². The van der Waals surface area contributed by atoms with E-state index >= 15 is 0 Å². The van der Waals surface area contributed by atoms with Crippen LogP contribution in [-0.2, 0) is 6.54 Å². The number of amides is 1. The third-order valence-electron chi connectivity index (χ3n) is 6.13. The molecule has 3 aromatic carbocycles. The molecule has 0 saturated carbocycles. The van der Waals surface area contributed by atoms with Gasteiger partial charge in [-0.05, 0) is 48.9 Å². The predicted molar refractivity (Wildman–Crippen MR) is 133 cm³/mol. The van der Waals surface area contributed by atoms with Crippen LogP contribution >= 0.6 is 0 Å². The smallest absolute Gasteiger partial charge is 0.255 e. The number of rotatable bonds is 7. The van der Waals surface area contributed by atoms with Gasteiger partial charge in [0.25, 0.3) is 5.91 Å². The molecule has 3 aromatic rings. The maximum atomic E-state index is 12.8. The SMILES string of the molecule is COc1cc(C(=O)Nc2ccc(N3CCN(Cc4ccccc4)CC3)cc2)cc(OC)c1C. The summed E-state index contributed by atoms with van der Waals surface area (Å²) in [6.45, 7) is 6.94. The third-order valence-corrected chi connectivity index (χ3v) is 6.13. The Bertz CT molecular complexity index is 1050. The van der Waals surface area contributed by atoms with Gasteiger partial charge in [0.05, 0.1) is 14.2 Å². The summed E-state index contributed by atoms with van der Waals surface area (Å²) < 4.78 is 10.8. The van der Waals surface area contributed by atoms with Gasteiger partial charge in [-0.15, -0.1) is 0 Å². The van der Waals surface area contributed by atoms with Crippen LogP contribution in [0.4, 0.5) is 11.4 Å². The number of carbonyl (C=O) groups excluding carboxylic acids is 1. The number of benzene rings is 3. The molecular formula is C27H31N3O3. The number of nitrogens with one attached hydrogen (secondary N) is 1. The normalized spacial score (nSPS) is 14.1. The lowest BCUT2D eigenvalue weighted by Gasteiger charge is -2.36. The first-order valence-corrected chi connectivity index (χ1v) is 11.2. The van der Waals surface area contributed by atoms with E-state index in [4.69, 9.17) is 9.47 Å². The minimum absolute atomic E-state index is 0.200. The Morgan fingerprint density at radius 3 is 2.06 bits per heavy atom. The van der Waals surface area contributed by atoms with Crippen LogP contribution in [0.25, 0.3) is 0 Å². The summed E-state index contributed by atoms with van der Waals surface area (Å²) in [5.41, 5.74) is 4.64. The summed E-state index contributed by atoms with van der Waals surface area (Å²) in [4.78, 5) is 17.7. The minimum atomic E-state index is -0.200. The van der Waals surface area contributed by atoms with E-state index in [0.717, 1.165) is 44.0 Å². The summed E-state index contributed by atoms with van der Waals surface area (Å²) in [6.07, 6.45) is 0. The van der Waals surface area contributed by atoms with Crippen molar-refractivity contribution >= 4 is 17.3 Å². The molecule has 6 heteroatoms. The fourth-order valence-electron chi connectivity index (χ4n) is 4.18. The van der Waals surface area contributed by atoms with Crippen molar-refractivity contribution in [3.63, 3.8) is 0 Å². The van der Waals surface area contributed by atoms with Crippen LogP contribution in [0.15, 0.2) is 66.7 Å². The van der Waals surface area contributed by atoms with Gasteiger partial charge in [-0.25, -0.2) is 0 Å². The van der Waals surface area contributed by atoms with Crippen LogP contribution in [0.3, 0.4) is 0 Å². The second-order valence-electron chi connectivity index (χ2n) is 8.26. The van der Waals surface area contributed by atoms with Crippen molar-refractivity contribution in [3.8, 4) is 11.5 Å². The summed E-state index contributed by atoms with van der Waals surface area (Å²) in [5.74, 6) is 1.05. The molecule has 0 bridgehead atoms. The van der Waals surface area contributed by atoms with Crippen LogP contribution in [0.1, 0.15) is 21.5 Å². The largest absolute Gasteiger partial charge is 0.496 e. The van der Waals surface area contributed by atoms with Gasteiger partial charge in [0, 0.05) is 55.2 Å². The van der Waals surface area contributed by atoms with Gasteiger partial charge in [-0.3, -0.25) is 9.69 Å². The molecule has 33 heavy (non-hydrogen) atoms. The monoisotopic (exact) mass is 445 g/mol. The fraction of sp³-hybridized carbons (Fsp3) is 0.296. The van der Waals surface area contributed by atoms with E-state index in [0.29, 0.717) is 17.1 Å². The summed E-state index contributed by atoms with van der Waals surface area (Å²) >= 11 is 0. The Morgan fingerprint density at radius 1 is 0.879 bits per heavy atom. The zero-order valence-corrected chi connectivity index (χ0v) is 19.5. The number of carbonyl (C=O) groups is 1. The molecule has 0 aromatic heterocycles. The highest BCUT2D eigenvalue weighted by atomic mass is 16.5. The molecule has 1 aliphatic heterocycles. The molecule has 6 nitrogen and oxygen atoms in total. The molecule has 1 N–H and O–H groups in total. The average molecular weight is 446 g/mol. The molecule has 1 fully saturated rings. The zero-order valence-electron chi connectivity index (χ0n) is 19.5. The van der Waals surface area contributed by atoms with E-state index < -0.39 is 0 Å². The fourth-order valence-corrected chi connectivity index (χ4v) is 4.18. The molecular weight excluding hydrogens is 414 g/mol. The standard InChI is InChI=1S/C27H31N3O3/c1-20-25(32-2)17-22(18-26(20)33-3)27(31)28-23-9-11-24(12-10-23)30-15-13-29(14-16-30)19-21-7-5-4-6-8-21/h4-12,17-18H,13-16,19H2,1-3H3,(H,28,31). The average Bonchev–Trinajstić information content (AvgIpc) is 2.86. The number of hydrogen-bond acceptors (Lipinski definition) is 5. The first kappa shape index (κ1) is 22.7. The minimum Gasteiger partial charge on any atom is -0.496 e. The summed E-state index contributed by atoms with van der Waals surface area (Å²) in [6, 6.07) is 22.1. The van der Waals surface area contributed by atoms with Crippen molar-refractivity contribution < 1.29 is 14.3 Å². The number of ether oxygens (including phenoxy) is 2. The van der Waals surface area contributed by atoms with E-state index in [1.807, 2.05) is 19.1 Å². The van der Waals surface area contributed by atoms with Crippen molar-refractivity contribution in [1.29, 1.82) is 0 Å². The molecule has 0 atom stereocenters. The van der Waals surface area contributed by atoms with Crippen LogP contribution < -0.4 is 19.7 Å². The number of hydrogen-bond donors (Lipinski definition) is 1. The molecule has 0 unspecified atom stereocenters. The molecule has 0 radical (unpaired) electrons. The second kappa shape index (κ2) is 10.4. The predicted octanol–water partition coefficient (Wildman–Crippen LogP) is 4.59. The highest BCUT2D eigenvalue weighted by molar-refractivity contribution is 6.05. The van der Waals surface area contributed by atoms with Gasteiger partial charge in [0.2, 0.25) is 0 Å². The van der Waals surface area contributed by atoms with Crippen molar-refractivity contribution in [2.75, 3.05) is 50.6 Å². The van der Waals surface area contributed by atoms with Crippen LogP contribution in [0.5, 0.6) is 11.5 Å². The Hall–Kier alpha value is -3.51. The molecule has 0 aliphatic carbocycles. The number of piperazine rings is 1. The molecule has 1 amide bonds. The Kier molecular flexibility index (Phi) is 7.15. The Morgan fingerprint density at radius 2 is 1.48 bits per heavy atom. The molecule has 1 saturated heterocycles. The van der Waals surface area contributed by atoms with E-state index in [1.54, 1.807) is 26.4 Å². The highest BCUT2D eigenvalue weighted by Gasteiger charge is 2.18. The molecule has 1 heterocycles. The van der Waals surface area contributed by atoms with E-state index in [-0.39, 0.29) is 5.91 Å². The maximum absolute atomic E-state index is 12.8. The van der Waals surface area contributed by atoms with Gasteiger partial charge in [0.1, 0.15) is 11.5 Å². The maximum Gasteiger partial charge on any atom is 0.255 e. The van der Waals surface area contributed by atoms with Gasteiger partial charge in [-0.1, -0.05) is 30.3 Å². The lowest BCUT2D eigenvalue weighted by atomic mass is 10.1. The van der Waals surface area contributed by atoms with Gasteiger partial charge >= 0.3 is 0 Å². The molecule has 0 spiro atoms. The first-order valence-electron chi connectivity index (χ1n) is 11.2. The Balaban J connectivity index is 1.35. The van der Waals surface area contributed by atoms with Gasteiger partial charge in [-0.2, -0.15) is 0 Å². The molecule has 1 aliphatic rings. The number of nitrogens with zero attached hydrogens (tertiary/aromatic N) is 2. The second-order valence-corrected chi connectivity index (χ2v) is 8.26. The molecule has 4 rings (SSSR count). The van der Waals surface area contributed by atoms with E-state index in [2.05, 4.69) is 57.6 Å². The zero-order chi connectivity index (χ0) is 23.2. The van der Waals surface area contributed by atoms with Gasteiger partial charge < -0.3 is 19.7 Å². The van der Waals surface area contributed by atoms with Crippen molar-refractivity contribution in [2.24, 2.45) is 0 Å². The lowest BCUT2D eigenvalue weighted by Crippen LogP contribution is -2.45. The van der Waals surface area contributed by atoms with Crippen LogP contribution in [0, 0.1) is 6.92 Å². The number of anilines is 2. The van der Waals surface area contributed by atoms with E-state index in [9.17, 15) is 4.79 Å². The summed E-state index contributed by atoms with van der Waals surface area (Å²) in [7, 11) is 3.17. The highest BCUT2D eigenvalue weighted by Crippen LogP contribution is 2.30. The van der Waals surface area contributed by atoms with Crippen molar-refractivity contribution in [1.82, 2.24) is 4.90 Å². The van der Waals surface area contributed by atoms with Crippen LogP contribution in [0.2, 0.25) is 0 Å². The molecule has 172 valence electrons. The van der Waals surface area contributed by atoms with Crippen molar-refractivity contribution in [3.05, 3.63) is 83.4 Å². The topological polar surface area (TPSA) is 54.0 Å². The van der Waals surface area contributed by atoms with Crippen LogP contribution in [-0.4, -0.2) is 51.2 Å². The lowest BCUT2D eigenvalue weighted by molar-refractivity contribution is 0.102. The van der Waals surface area contributed by atoms with E-state index in [1.165, 1.54) is 11.3 Å².